The van der Waals surface area contributed by atoms with Crippen molar-refractivity contribution in [1.29, 1.82) is 0 Å². The van der Waals surface area contributed by atoms with Gasteiger partial charge in [0, 0.05) is 16.7 Å². The summed E-state index contributed by atoms with van der Waals surface area (Å²) in [6.07, 6.45) is 5.75. The minimum absolute atomic E-state index is 0.374. The Morgan fingerprint density at radius 3 is 2.86 bits per heavy atom. The minimum Gasteiger partial charge on any atom is -0.474 e. The molecule has 76 valence electrons. The third-order valence-corrected chi connectivity index (χ3v) is 3.10. The van der Waals surface area contributed by atoms with Crippen LogP contribution in [-0.4, -0.2) is 11.1 Å². The molecule has 1 aromatic rings. The maximum absolute atomic E-state index is 5.77. The van der Waals surface area contributed by atoms with Crippen LogP contribution < -0.4 is 4.74 Å². The van der Waals surface area contributed by atoms with Gasteiger partial charge in [-0.1, -0.05) is 6.92 Å². The zero-order chi connectivity index (χ0) is 9.97. The van der Waals surface area contributed by atoms with Gasteiger partial charge in [-0.2, -0.15) is 0 Å². The van der Waals surface area contributed by atoms with Gasteiger partial charge in [-0.15, -0.1) is 0 Å². The van der Waals surface area contributed by atoms with E-state index in [0.29, 0.717) is 6.10 Å². The summed E-state index contributed by atoms with van der Waals surface area (Å²) in [5.74, 6) is 1.54. The van der Waals surface area contributed by atoms with Crippen molar-refractivity contribution in [2.24, 2.45) is 5.92 Å². The van der Waals surface area contributed by atoms with Crippen molar-refractivity contribution >= 4 is 15.9 Å². The van der Waals surface area contributed by atoms with Crippen LogP contribution in [0.4, 0.5) is 0 Å². The summed E-state index contributed by atoms with van der Waals surface area (Å²) < 4.78 is 6.76. The van der Waals surface area contributed by atoms with E-state index in [9.17, 15) is 0 Å². The Labute approximate surface area is 92.8 Å². The molecule has 2 atom stereocenters. The first-order chi connectivity index (χ1) is 6.74. The van der Waals surface area contributed by atoms with Crippen molar-refractivity contribution < 1.29 is 4.74 Å². The Kier molecular flexibility index (Phi) is 3.06. The first-order valence-corrected chi connectivity index (χ1v) is 5.81. The molecule has 2 nitrogen and oxygen atoms in total. The predicted octanol–water partition coefficient (Wildman–Crippen LogP) is 3.41. The zero-order valence-electron chi connectivity index (χ0n) is 8.24. The van der Waals surface area contributed by atoms with Crippen molar-refractivity contribution in [2.75, 3.05) is 0 Å². The third-order valence-electron chi connectivity index (χ3n) is 2.63. The first kappa shape index (κ1) is 9.97. The molecule has 0 saturated heterocycles. The van der Waals surface area contributed by atoms with Gasteiger partial charge in [0.15, 0.2) is 0 Å². The lowest BCUT2D eigenvalue weighted by Gasteiger charge is -2.11. The maximum Gasteiger partial charge on any atom is 0.213 e. The van der Waals surface area contributed by atoms with E-state index in [0.717, 1.165) is 22.7 Å². The summed E-state index contributed by atoms with van der Waals surface area (Å²) in [5.41, 5.74) is 0. The lowest BCUT2D eigenvalue weighted by molar-refractivity contribution is 0.197. The Morgan fingerprint density at radius 1 is 1.43 bits per heavy atom. The summed E-state index contributed by atoms with van der Waals surface area (Å²) in [5, 5.41) is 0. The second-order valence-electron chi connectivity index (χ2n) is 3.97. The van der Waals surface area contributed by atoms with Crippen LogP contribution in [0.5, 0.6) is 5.88 Å². The summed E-state index contributed by atoms with van der Waals surface area (Å²) in [7, 11) is 0. The van der Waals surface area contributed by atoms with Crippen LogP contribution in [0, 0.1) is 5.92 Å². The van der Waals surface area contributed by atoms with Crippen molar-refractivity contribution in [2.45, 2.75) is 32.3 Å². The molecule has 0 spiro atoms. The fourth-order valence-corrected chi connectivity index (χ4v) is 2.10. The van der Waals surface area contributed by atoms with Gasteiger partial charge in [0.1, 0.15) is 6.10 Å². The standard InChI is InChI=1S/C11H14BrNO/c1-8-2-4-10(6-8)14-11-5-3-9(12)7-13-11/h3,5,7-8,10H,2,4,6H2,1H3/t8-,10-/m0/s1. The highest BCUT2D eigenvalue weighted by atomic mass is 79.9. The molecule has 14 heavy (non-hydrogen) atoms. The van der Waals surface area contributed by atoms with Crippen molar-refractivity contribution in [3.8, 4) is 5.88 Å². The molecule has 3 heteroatoms. The van der Waals surface area contributed by atoms with E-state index in [2.05, 4.69) is 27.8 Å². The second kappa shape index (κ2) is 4.30. The number of rotatable bonds is 2. The highest BCUT2D eigenvalue weighted by Gasteiger charge is 2.22. The topological polar surface area (TPSA) is 22.1 Å². The summed E-state index contributed by atoms with van der Waals surface area (Å²) >= 11 is 3.35. The number of aromatic nitrogens is 1. The molecule has 1 heterocycles. The van der Waals surface area contributed by atoms with E-state index in [1.165, 1.54) is 12.8 Å². The number of halogens is 1. The summed E-state index contributed by atoms with van der Waals surface area (Å²) in [6.45, 7) is 2.28. The molecule has 1 aliphatic rings. The molecule has 2 rings (SSSR count). The van der Waals surface area contributed by atoms with Crippen LogP contribution in [-0.2, 0) is 0 Å². The van der Waals surface area contributed by atoms with Gasteiger partial charge in [0.25, 0.3) is 0 Å². The van der Waals surface area contributed by atoms with Crippen LogP contribution in [0.1, 0.15) is 26.2 Å². The lowest BCUT2D eigenvalue weighted by atomic mass is 10.1. The van der Waals surface area contributed by atoms with Gasteiger partial charge in [-0.25, -0.2) is 4.98 Å². The largest absolute Gasteiger partial charge is 0.474 e. The van der Waals surface area contributed by atoms with Crippen LogP contribution in [0.15, 0.2) is 22.8 Å². The highest BCUT2D eigenvalue weighted by molar-refractivity contribution is 9.10. The number of hydrogen-bond acceptors (Lipinski definition) is 2. The molecule has 0 aliphatic heterocycles. The van der Waals surface area contributed by atoms with Crippen LogP contribution >= 0.6 is 15.9 Å². The molecule has 0 aromatic carbocycles. The fraction of sp³-hybridized carbons (Fsp3) is 0.545. The summed E-state index contributed by atoms with van der Waals surface area (Å²) in [4.78, 5) is 4.20. The molecule has 0 bridgehead atoms. The second-order valence-corrected chi connectivity index (χ2v) is 4.89. The average molecular weight is 256 g/mol. The first-order valence-electron chi connectivity index (χ1n) is 5.02. The van der Waals surface area contributed by atoms with Gasteiger partial charge >= 0.3 is 0 Å². The Balaban J connectivity index is 1.94. The number of hydrogen-bond donors (Lipinski definition) is 0. The van der Waals surface area contributed by atoms with Gasteiger partial charge < -0.3 is 4.74 Å². The molecule has 1 saturated carbocycles. The van der Waals surface area contributed by atoms with Gasteiger partial charge in [-0.3, -0.25) is 0 Å². The molecule has 0 radical (unpaired) electrons. The Bertz CT molecular complexity index is 299. The van der Waals surface area contributed by atoms with E-state index in [1.54, 1.807) is 6.20 Å². The quantitative estimate of drug-likeness (QED) is 0.808. The van der Waals surface area contributed by atoms with Gasteiger partial charge in [0.05, 0.1) is 0 Å². The molecule has 1 aliphatic carbocycles. The average Bonchev–Trinajstić information content (AvgIpc) is 2.56. The van der Waals surface area contributed by atoms with E-state index >= 15 is 0 Å². The zero-order valence-corrected chi connectivity index (χ0v) is 9.83. The molecule has 0 N–H and O–H groups in total. The highest BCUT2D eigenvalue weighted by Crippen LogP contribution is 2.28. The van der Waals surface area contributed by atoms with E-state index in [1.807, 2.05) is 12.1 Å². The lowest BCUT2D eigenvalue weighted by Crippen LogP contribution is -2.12. The normalized spacial score (nSPS) is 26.4. The smallest absolute Gasteiger partial charge is 0.213 e. The van der Waals surface area contributed by atoms with E-state index < -0.39 is 0 Å². The minimum atomic E-state index is 0.374. The van der Waals surface area contributed by atoms with Crippen LogP contribution in [0.3, 0.4) is 0 Å². The number of ether oxygens (including phenoxy) is 1. The molecule has 1 aromatic heterocycles. The van der Waals surface area contributed by atoms with Gasteiger partial charge in [-0.05, 0) is 47.2 Å². The van der Waals surface area contributed by atoms with E-state index in [-0.39, 0.29) is 0 Å². The van der Waals surface area contributed by atoms with Crippen molar-refractivity contribution in [1.82, 2.24) is 4.98 Å². The number of nitrogens with zero attached hydrogens (tertiary/aromatic N) is 1. The SMILES string of the molecule is C[C@H]1CC[C@H](Oc2ccc(Br)cn2)C1. The Morgan fingerprint density at radius 2 is 2.29 bits per heavy atom. The van der Waals surface area contributed by atoms with Crippen molar-refractivity contribution in [3.63, 3.8) is 0 Å². The van der Waals surface area contributed by atoms with Crippen LogP contribution in [0.2, 0.25) is 0 Å². The molecule has 0 unspecified atom stereocenters. The predicted molar refractivity (Wildman–Crippen MR) is 59.4 cm³/mol. The summed E-state index contributed by atoms with van der Waals surface area (Å²) in [6, 6.07) is 3.87. The fourth-order valence-electron chi connectivity index (χ4n) is 1.86. The van der Waals surface area contributed by atoms with Crippen LogP contribution in [0.25, 0.3) is 0 Å². The third kappa shape index (κ3) is 2.47. The monoisotopic (exact) mass is 255 g/mol. The maximum atomic E-state index is 5.77. The molecule has 1 fully saturated rings. The van der Waals surface area contributed by atoms with E-state index in [4.69, 9.17) is 4.74 Å². The number of pyridine rings is 1. The van der Waals surface area contributed by atoms with Gasteiger partial charge in [0.2, 0.25) is 5.88 Å². The molecular formula is C11H14BrNO. The molecule has 0 amide bonds. The Hall–Kier alpha value is -0.570. The molecular weight excluding hydrogens is 242 g/mol. The van der Waals surface area contributed by atoms with Crippen molar-refractivity contribution in [3.05, 3.63) is 22.8 Å².